The van der Waals surface area contributed by atoms with Crippen molar-refractivity contribution in [3.8, 4) is 22.9 Å². The van der Waals surface area contributed by atoms with Gasteiger partial charge in [-0.15, -0.1) is 0 Å². The van der Waals surface area contributed by atoms with Gasteiger partial charge in [0.2, 0.25) is 11.7 Å². The van der Waals surface area contributed by atoms with Crippen molar-refractivity contribution in [1.82, 2.24) is 15.0 Å². The van der Waals surface area contributed by atoms with Gasteiger partial charge in [0, 0.05) is 17.2 Å². The van der Waals surface area contributed by atoms with Gasteiger partial charge in [0.05, 0.1) is 20.8 Å². The Balaban J connectivity index is 1.55. The van der Waals surface area contributed by atoms with Gasteiger partial charge in [-0.25, -0.2) is 0 Å². The topological polar surface area (TPSA) is 60.6 Å². The maximum atomic E-state index is 5.58. The molecule has 1 saturated heterocycles. The van der Waals surface area contributed by atoms with Crippen LogP contribution in [0.3, 0.4) is 0 Å². The van der Waals surface area contributed by atoms with Gasteiger partial charge < -0.3 is 14.0 Å². The normalized spacial score (nSPS) is 17.2. The lowest BCUT2D eigenvalue weighted by Gasteiger charge is -2.25. The SMILES string of the molecule is COc1ccc(OC)c([C@@H]2CCCN2Cc2nc(-c3ccccc3)no2)c1. The van der Waals surface area contributed by atoms with Gasteiger partial charge in [0.15, 0.2) is 0 Å². The lowest BCUT2D eigenvalue weighted by Crippen LogP contribution is -2.23. The van der Waals surface area contributed by atoms with Gasteiger partial charge in [0.1, 0.15) is 11.5 Å². The van der Waals surface area contributed by atoms with Crippen molar-refractivity contribution in [2.24, 2.45) is 0 Å². The van der Waals surface area contributed by atoms with Gasteiger partial charge in [-0.3, -0.25) is 4.90 Å². The van der Waals surface area contributed by atoms with Crippen molar-refractivity contribution in [1.29, 1.82) is 0 Å². The molecule has 0 spiro atoms. The summed E-state index contributed by atoms with van der Waals surface area (Å²) in [6.07, 6.45) is 2.17. The van der Waals surface area contributed by atoms with Crippen LogP contribution in [0.4, 0.5) is 0 Å². The number of hydrogen-bond acceptors (Lipinski definition) is 6. The van der Waals surface area contributed by atoms with Crippen LogP contribution in [-0.4, -0.2) is 35.8 Å². The second-order valence-electron chi connectivity index (χ2n) is 6.61. The zero-order chi connectivity index (χ0) is 18.6. The van der Waals surface area contributed by atoms with E-state index in [-0.39, 0.29) is 6.04 Å². The number of nitrogens with zero attached hydrogens (tertiary/aromatic N) is 3. The Labute approximate surface area is 158 Å². The van der Waals surface area contributed by atoms with Crippen LogP contribution in [0.25, 0.3) is 11.4 Å². The lowest BCUT2D eigenvalue weighted by molar-refractivity contribution is 0.209. The molecule has 2 aromatic carbocycles. The van der Waals surface area contributed by atoms with Crippen molar-refractivity contribution in [2.45, 2.75) is 25.4 Å². The summed E-state index contributed by atoms with van der Waals surface area (Å²) >= 11 is 0. The van der Waals surface area contributed by atoms with E-state index in [0.717, 1.165) is 42.0 Å². The summed E-state index contributed by atoms with van der Waals surface area (Å²) in [7, 11) is 3.39. The van der Waals surface area contributed by atoms with E-state index in [0.29, 0.717) is 18.3 Å². The summed E-state index contributed by atoms with van der Waals surface area (Å²) < 4.78 is 16.5. The second-order valence-corrected chi connectivity index (χ2v) is 6.61. The van der Waals surface area contributed by atoms with E-state index in [4.69, 9.17) is 14.0 Å². The van der Waals surface area contributed by atoms with E-state index in [2.05, 4.69) is 21.1 Å². The van der Waals surface area contributed by atoms with Crippen molar-refractivity contribution in [3.05, 3.63) is 60.0 Å². The molecule has 1 atom stereocenters. The Hall–Kier alpha value is -2.86. The summed E-state index contributed by atoms with van der Waals surface area (Å²) in [4.78, 5) is 6.93. The number of aromatic nitrogens is 2. The fourth-order valence-corrected chi connectivity index (χ4v) is 3.66. The molecule has 4 rings (SSSR count). The van der Waals surface area contributed by atoms with Crippen molar-refractivity contribution in [2.75, 3.05) is 20.8 Å². The zero-order valence-electron chi connectivity index (χ0n) is 15.6. The first-order valence-corrected chi connectivity index (χ1v) is 9.12. The maximum absolute atomic E-state index is 5.58. The Morgan fingerprint density at radius 1 is 1.11 bits per heavy atom. The average molecular weight is 365 g/mol. The standard InChI is InChI=1S/C21H23N3O3/c1-25-16-10-11-19(26-2)17(13-16)18-9-6-12-24(18)14-20-22-21(23-27-20)15-7-4-3-5-8-15/h3-5,7-8,10-11,13,18H,6,9,12,14H2,1-2H3/t18-/m0/s1. The molecule has 0 unspecified atom stereocenters. The van der Waals surface area contributed by atoms with E-state index in [1.54, 1.807) is 14.2 Å². The van der Waals surface area contributed by atoms with Crippen LogP contribution < -0.4 is 9.47 Å². The minimum absolute atomic E-state index is 0.238. The highest BCUT2D eigenvalue weighted by Crippen LogP contribution is 2.39. The van der Waals surface area contributed by atoms with Crippen LogP contribution in [-0.2, 0) is 6.54 Å². The molecule has 1 aliphatic rings. The monoisotopic (exact) mass is 365 g/mol. The van der Waals surface area contributed by atoms with Crippen molar-refractivity contribution in [3.63, 3.8) is 0 Å². The number of benzene rings is 2. The molecule has 1 aliphatic heterocycles. The van der Waals surface area contributed by atoms with E-state index in [1.165, 1.54) is 0 Å². The molecule has 0 bridgehead atoms. The fraction of sp³-hybridized carbons (Fsp3) is 0.333. The van der Waals surface area contributed by atoms with Crippen LogP contribution >= 0.6 is 0 Å². The molecule has 6 nitrogen and oxygen atoms in total. The van der Waals surface area contributed by atoms with Gasteiger partial charge >= 0.3 is 0 Å². The Morgan fingerprint density at radius 2 is 1.96 bits per heavy atom. The lowest BCUT2D eigenvalue weighted by atomic mass is 10.0. The first-order valence-electron chi connectivity index (χ1n) is 9.12. The molecule has 1 aromatic heterocycles. The van der Waals surface area contributed by atoms with Gasteiger partial charge in [-0.05, 0) is 37.6 Å². The van der Waals surface area contributed by atoms with Crippen LogP contribution in [0.2, 0.25) is 0 Å². The van der Waals surface area contributed by atoms with E-state index >= 15 is 0 Å². The molecule has 6 heteroatoms. The van der Waals surface area contributed by atoms with E-state index < -0.39 is 0 Å². The number of likely N-dealkylation sites (tertiary alicyclic amines) is 1. The van der Waals surface area contributed by atoms with Crippen molar-refractivity contribution >= 4 is 0 Å². The van der Waals surface area contributed by atoms with Crippen LogP contribution in [0.1, 0.15) is 30.3 Å². The molecule has 0 amide bonds. The second kappa shape index (κ2) is 7.80. The summed E-state index contributed by atoms with van der Waals surface area (Å²) in [5, 5.41) is 4.13. The highest BCUT2D eigenvalue weighted by molar-refractivity contribution is 5.53. The van der Waals surface area contributed by atoms with Gasteiger partial charge in [-0.2, -0.15) is 4.98 Å². The molecule has 1 fully saturated rings. The number of rotatable bonds is 6. The molecule has 2 heterocycles. The highest BCUT2D eigenvalue weighted by atomic mass is 16.5. The third-order valence-corrected chi connectivity index (χ3v) is 5.00. The summed E-state index contributed by atoms with van der Waals surface area (Å²) in [5.41, 5.74) is 2.09. The fourth-order valence-electron chi connectivity index (χ4n) is 3.66. The Kier molecular flexibility index (Phi) is 5.07. The maximum Gasteiger partial charge on any atom is 0.241 e. The summed E-state index contributed by atoms with van der Waals surface area (Å²) in [6, 6.07) is 16.1. The van der Waals surface area contributed by atoms with Crippen LogP contribution in [0, 0.1) is 0 Å². The smallest absolute Gasteiger partial charge is 0.241 e. The first kappa shape index (κ1) is 17.5. The van der Waals surface area contributed by atoms with E-state index in [1.807, 2.05) is 42.5 Å². The van der Waals surface area contributed by atoms with E-state index in [9.17, 15) is 0 Å². The first-order chi connectivity index (χ1) is 13.3. The Morgan fingerprint density at radius 3 is 2.74 bits per heavy atom. The molecule has 0 N–H and O–H groups in total. The van der Waals surface area contributed by atoms with Crippen LogP contribution in [0.5, 0.6) is 11.5 Å². The quantitative estimate of drug-likeness (QED) is 0.656. The van der Waals surface area contributed by atoms with Crippen LogP contribution in [0.15, 0.2) is 53.1 Å². The predicted octanol–water partition coefficient (Wildman–Crippen LogP) is 4.09. The molecule has 0 saturated carbocycles. The molecular weight excluding hydrogens is 342 g/mol. The zero-order valence-corrected chi connectivity index (χ0v) is 15.6. The Bertz CT molecular complexity index is 895. The number of ether oxygens (including phenoxy) is 2. The molecule has 3 aromatic rings. The number of hydrogen-bond donors (Lipinski definition) is 0. The largest absolute Gasteiger partial charge is 0.497 e. The van der Waals surface area contributed by atoms with Crippen molar-refractivity contribution < 1.29 is 14.0 Å². The molecular formula is C21H23N3O3. The third kappa shape index (κ3) is 3.66. The summed E-state index contributed by atoms with van der Waals surface area (Å²) in [5.74, 6) is 2.97. The molecule has 0 aliphatic carbocycles. The minimum Gasteiger partial charge on any atom is -0.497 e. The highest BCUT2D eigenvalue weighted by Gasteiger charge is 2.30. The predicted molar refractivity (Wildman–Crippen MR) is 102 cm³/mol. The van der Waals surface area contributed by atoms with Gasteiger partial charge in [-0.1, -0.05) is 35.5 Å². The molecule has 140 valence electrons. The molecule has 0 radical (unpaired) electrons. The molecule has 27 heavy (non-hydrogen) atoms. The summed E-state index contributed by atoms with van der Waals surface area (Å²) in [6.45, 7) is 1.60. The third-order valence-electron chi connectivity index (χ3n) is 5.00. The average Bonchev–Trinajstić information content (AvgIpc) is 3.38. The minimum atomic E-state index is 0.238. The number of methoxy groups -OCH3 is 2. The van der Waals surface area contributed by atoms with Gasteiger partial charge in [0.25, 0.3) is 0 Å².